The zero-order valence-corrected chi connectivity index (χ0v) is 11.6. The second-order valence-corrected chi connectivity index (χ2v) is 5.79. The van der Waals surface area contributed by atoms with Crippen LogP contribution in [0.15, 0.2) is 11.4 Å². The molecule has 0 spiro atoms. The molecule has 0 aliphatic carbocycles. The second-order valence-electron chi connectivity index (χ2n) is 4.90. The first-order valence-corrected chi connectivity index (χ1v) is 7.56. The summed E-state index contributed by atoms with van der Waals surface area (Å²) in [5.74, 6) is 1.26. The van der Waals surface area contributed by atoms with E-state index in [4.69, 9.17) is 5.73 Å². The molecule has 0 radical (unpaired) electrons. The normalized spacial score (nSPS) is 20.1. The monoisotopic (exact) mass is 278 g/mol. The third kappa shape index (κ3) is 2.37. The highest BCUT2D eigenvalue weighted by Crippen LogP contribution is 2.33. The van der Waals surface area contributed by atoms with Gasteiger partial charge in [0.05, 0.1) is 5.39 Å². The molecule has 19 heavy (non-hydrogen) atoms. The van der Waals surface area contributed by atoms with Crippen molar-refractivity contribution < 1.29 is 5.11 Å². The van der Waals surface area contributed by atoms with Crippen LogP contribution in [-0.2, 0) is 0 Å². The summed E-state index contributed by atoms with van der Waals surface area (Å²) in [5.41, 5.74) is 5.82. The van der Waals surface area contributed by atoms with Gasteiger partial charge in [0.15, 0.2) is 0 Å². The molecule has 6 heteroatoms. The lowest BCUT2D eigenvalue weighted by Gasteiger charge is -2.36. The first kappa shape index (κ1) is 12.6. The van der Waals surface area contributed by atoms with Crippen molar-refractivity contribution in [3.63, 3.8) is 0 Å². The van der Waals surface area contributed by atoms with E-state index in [0.717, 1.165) is 41.8 Å². The van der Waals surface area contributed by atoms with Gasteiger partial charge in [0.1, 0.15) is 10.6 Å². The van der Waals surface area contributed by atoms with Crippen LogP contribution in [0.3, 0.4) is 0 Å². The van der Waals surface area contributed by atoms with Gasteiger partial charge in [-0.3, -0.25) is 0 Å². The summed E-state index contributed by atoms with van der Waals surface area (Å²) in [6.07, 6.45) is 4.28. The van der Waals surface area contributed by atoms with Crippen LogP contribution < -0.4 is 10.6 Å². The molecule has 2 aromatic rings. The van der Waals surface area contributed by atoms with Gasteiger partial charge in [-0.05, 0) is 37.1 Å². The number of hydrogen-bond donors (Lipinski definition) is 2. The molecule has 5 nitrogen and oxygen atoms in total. The molecule has 102 valence electrons. The Hall–Kier alpha value is -1.40. The lowest BCUT2D eigenvalue weighted by Crippen LogP contribution is -2.40. The smallest absolute Gasteiger partial charge is 0.223 e. The molecule has 1 fully saturated rings. The third-order valence-corrected chi connectivity index (χ3v) is 4.49. The molecule has 1 saturated heterocycles. The van der Waals surface area contributed by atoms with Crippen molar-refractivity contribution in [1.29, 1.82) is 0 Å². The Morgan fingerprint density at radius 1 is 1.42 bits per heavy atom. The zero-order chi connectivity index (χ0) is 13.2. The SMILES string of the molecule is Nc1nc(N2CCCCC2CCO)c2ccsc2n1. The van der Waals surface area contributed by atoms with E-state index in [1.165, 1.54) is 6.42 Å². The average Bonchev–Trinajstić information content (AvgIpc) is 2.87. The van der Waals surface area contributed by atoms with Gasteiger partial charge >= 0.3 is 0 Å². The Labute approximate surface area is 116 Å². The van der Waals surface area contributed by atoms with Crippen molar-refractivity contribution in [2.24, 2.45) is 0 Å². The maximum absolute atomic E-state index is 9.23. The molecule has 0 amide bonds. The van der Waals surface area contributed by atoms with E-state index in [1.54, 1.807) is 11.3 Å². The van der Waals surface area contributed by atoms with Crippen LogP contribution in [0, 0.1) is 0 Å². The summed E-state index contributed by atoms with van der Waals surface area (Å²) < 4.78 is 0. The van der Waals surface area contributed by atoms with Crippen molar-refractivity contribution in [3.05, 3.63) is 11.4 Å². The molecule has 0 saturated carbocycles. The summed E-state index contributed by atoms with van der Waals surface area (Å²) in [5, 5.41) is 12.3. The molecular formula is C13H18N4OS. The topological polar surface area (TPSA) is 75.3 Å². The number of anilines is 2. The third-order valence-electron chi connectivity index (χ3n) is 3.68. The maximum atomic E-state index is 9.23. The van der Waals surface area contributed by atoms with Gasteiger partial charge in [0.25, 0.3) is 0 Å². The Kier molecular flexibility index (Phi) is 3.52. The molecule has 3 N–H and O–H groups in total. The van der Waals surface area contributed by atoms with E-state index in [0.29, 0.717) is 12.0 Å². The Bertz CT molecular complexity index is 569. The Morgan fingerprint density at radius 3 is 3.16 bits per heavy atom. The highest BCUT2D eigenvalue weighted by atomic mass is 32.1. The number of aliphatic hydroxyl groups excluding tert-OH is 1. The molecule has 1 unspecified atom stereocenters. The molecule has 2 aromatic heterocycles. The van der Waals surface area contributed by atoms with Crippen LogP contribution in [0.5, 0.6) is 0 Å². The first-order chi connectivity index (χ1) is 9.29. The minimum Gasteiger partial charge on any atom is -0.396 e. The van der Waals surface area contributed by atoms with Gasteiger partial charge in [-0.1, -0.05) is 0 Å². The Morgan fingerprint density at radius 2 is 2.32 bits per heavy atom. The number of nitrogens with two attached hydrogens (primary N) is 1. The average molecular weight is 278 g/mol. The zero-order valence-electron chi connectivity index (χ0n) is 10.7. The summed E-state index contributed by atoms with van der Waals surface area (Å²) in [7, 11) is 0. The van der Waals surface area contributed by atoms with Crippen LogP contribution in [0.1, 0.15) is 25.7 Å². The number of thiophene rings is 1. The number of hydrogen-bond acceptors (Lipinski definition) is 6. The van der Waals surface area contributed by atoms with Crippen molar-refractivity contribution >= 4 is 33.3 Å². The molecule has 3 heterocycles. The molecule has 1 atom stereocenters. The molecule has 0 bridgehead atoms. The van der Waals surface area contributed by atoms with E-state index >= 15 is 0 Å². The maximum Gasteiger partial charge on any atom is 0.223 e. The van der Waals surface area contributed by atoms with Crippen LogP contribution in [0.4, 0.5) is 11.8 Å². The van der Waals surface area contributed by atoms with Gasteiger partial charge in [-0.2, -0.15) is 4.98 Å². The standard InChI is InChI=1S/C13H18N4OS/c14-13-15-11(10-5-8-19-12(10)16-13)17-6-2-1-3-9(17)4-7-18/h5,8-9,18H,1-4,6-7H2,(H2,14,15,16). The largest absolute Gasteiger partial charge is 0.396 e. The fourth-order valence-electron chi connectivity index (χ4n) is 2.80. The number of piperidine rings is 1. The number of aliphatic hydroxyl groups is 1. The summed E-state index contributed by atoms with van der Waals surface area (Å²) >= 11 is 1.59. The number of rotatable bonds is 3. The second kappa shape index (κ2) is 5.30. The Balaban J connectivity index is 2.03. The van der Waals surface area contributed by atoms with Crippen LogP contribution >= 0.6 is 11.3 Å². The molecule has 1 aliphatic rings. The van der Waals surface area contributed by atoms with Crippen LogP contribution in [0.25, 0.3) is 10.2 Å². The number of fused-ring (bicyclic) bond motifs is 1. The highest BCUT2D eigenvalue weighted by molar-refractivity contribution is 7.16. The number of aromatic nitrogens is 2. The molecule has 0 aromatic carbocycles. The number of nitrogens with zero attached hydrogens (tertiary/aromatic N) is 3. The van der Waals surface area contributed by atoms with E-state index in [2.05, 4.69) is 20.9 Å². The first-order valence-electron chi connectivity index (χ1n) is 6.68. The van der Waals surface area contributed by atoms with Gasteiger partial charge in [0.2, 0.25) is 5.95 Å². The van der Waals surface area contributed by atoms with Crippen LogP contribution in [0.2, 0.25) is 0 Å². The van der Waals surface area contributed by atoms with Crippen molar-refractivity contribution in [2.45, 2.75) is 31.7 Å². The predicted molar refractivity (Wildman–Crippen MR) is 78.5 cm³/mol. The fourth-order valence-corrected chi connectivity index (χ4v) is 3.57. The molecule has 3 rings (SSSR count). The number of nitrogen functional groups attached to an aromatic ring is 1. The van der Waals surface area contributed by atoms with Gasteiger partial charge in [-0.15, -0.1) is 11.3 Å². The predicted octanol–water partition coefficient (Wildman–Crippen LogP) is 2.01. The lowest BCUT2D eigenvalue weighted by atomic mass is 9.99. The van der Waals surface area contributed by atoms with Gasteiger partial charge in [-0.25, -0.2) is 4.98 Å². The quantitative estimate of drug-likeness (QED) is 0.898. The van der Waals surface area contributed by atoms with E-state index < -0.39 is 0 Å². The summed E-state index contributed by atoms with van der Waals surface area (Å²) in [6.45, 7) is 1.20. The lowest BCUT2D eigenvalue weighted by molar-refractivity contribution is 0.262. The van der Waals surface area contributed by atoms with Gasteiger partial charge in [0, 0.05) is 19.2 Å². The van der Waals surface area contributed by atoms with E-state index in [1.807, 2.05) is 5.38 Å². The van der Waals surface area contributed by atoms with E-state index in [-0.39, 0.29) is 6.61 Å². The fraction of sp³-hybridized carbons (Fsp3) is 0.538. The minimum atomic E-state index is 0.217. The minimum absolute atomic E-state index is 0.217. The van der Waals surface area contributed by atoms with Gasteiger partial charge < -0.3 is 15.7 Å². The van der Waals surface area contributed by atoms with Crippen molar-refractivity contribution in [3.8, 4) is 0 Å². The highest BCUT2D eigenvalue weighted by Gasteiger charge is 2.25. The van der Waals surface area contributed by atoms with Crippen molar-refractivity contribution in [1.82, 2.24) is 9.97 Å². The van der Waals surface area contributed by atoms with Crippen molar-refractivity contribution in [2.75, 3.05) is 23.8 Å². The molecule has 1 aliphatic heterocycles. The summed E-state index contributed by atoms with van der Waals surface area (Å²) in [4.78, 5) is 12.0. The van der Waals surface area contributed by atoms with Crippen LogP contribution in [-0.4, -0.2) is 34.3 Å². The summed E-state index contributed by atoms with van der Waals surface area (Å²) in [6, 6.07) is 2.41. The van der Waals surface area contributed by atoms with E-state index in [9.17, 15) is 5.11 Å². The molecular weight excluding hydrogens is 260 g/mol.